The minimum absolute atomic E-state index is 0. The fraction of sp³-hybridized carbons (Fsp3) is 0.952. The molecular weight excluding hydrogens is 519 g/mol. The highest BCUT2D eigenvalue weighted by atomic mass is 127. The maximum Gasteiger partial charge on any atom is 0.251 e. The quantitative estimate of drug-likeness (QED) is 0.284. The van der Waals surface area contributed by atoms with Crippen molar-refractivity contribution in [1.82, 2.24) is 20.4 Å². The second-order valence-corrected chi connectivity index (χ2v) is 9.91. The number of alkyl halides is 2. The van der Waals surface area contributed by atoms with Gasteiger partial charge in [0.25, 0.3) is 6.43 Å². The lowest BCUT2D eigenvalue weighted by Crippen LogP contribution is -2.56. The molecule has 1 saturated carbocycles. The van der Waals surface area contributed by atoms with Crippen LogP contribution in [0, 0.1) is 0 Å². The normalized spacial score (nSPS) is 24.5. The fourth-order valence-corrected chi connectivity index (χ4v) is 5.92. The van der Waals surface area contributed by atoms with E-state index in [0.29, 0.717) is 6.04 Å². The Morgan fingerprint density at radius 2 is 1.77 bits per heavy atom. The van der Waals surface area contributed by atoms with Gasteiger partial charge in [-0.2, -0.15) is 11.8 Å². The van der Waals surface area contributed by atoms with Crippen molar-refractivity contribution >= 4 is 41.7 Å². The van der Waals surface area contributed by atoms with E-state index in [1.165, 1.54) is 56.7 Å². The first-order chi connectivity index (χ1) is 14.1. The smallest absolute Gasteiger partial charge is 0.251 e. The molecular formula is C21H40F2IN5S. The number of nitrogens with zero attached hydrogens (tertiary/aromatic N) is 3. The number of likely N-dealkylation sites (tertiary alicyclic amines) is 1. The highest BCUT2D eigenvalue weighted by Crippen LogP contribution is 2.35. The van der Waals surface area contributed by atoms with Crippen molar-refractivity contribution in [2.24, 2.45) is 4.99 Å². The van der Waals surface area contributed by atoms with Gasteiger partial charge in [0.1, 0.15) is 0 Å². The molecule has 1 aliphatic carbocycles. The summed E-state index contributed by atoms with van der Waals surface area (Å²) in [7, 11) is 0. The lowest BCUT2D eigenvalue weighted by Gasteiger charge is -2.47. The molecule has 0 bridgehead atoms. The van der Waals surface area contributed by atoms with E-state index in [9.17, 15) is 8.78 Å². The summed E-state index contributed by atoms with van der Waals surface area (Å²) < 4.78 is 25.2. The third-order valence-corrected chi connectivity index (χ3v) is 7.61. The number of nitrogens with one attached hydrogen (secondary N) is 2. The molecule has 3 aliphatic rings. The molecule has 30 heavy (non-hydrogen) atoms. The molecule has 3 rings (SSSR count). The first kappa shape index (κ1) is 26.4. The van der Waals surface area contributed by atoms with Gasteiger partial charge >= 0.3 is 0 Å². The molecule has 9 heteroatoms. The molecule has 0 unspecified atom stereocenters. The Kier molecular flexibility index (Phi) is 12.0. The van der Waals surface area contributed by atoms with E-state index in [4.69, 9.17) is 4.99 Å². The van der Waals surface area contributed by atoms with Crippen molar-refractivity contribution in [2.45, 2.75) is 69.9 Å². The van der Waals surface area contributed by atoms with Gasteiger partial charge in [-0.1, -0.05) is 19.3 Å². The fourth-order valence-electron chi connectivity index (χ4n) is 5.02. The van der Waals surface area contributed by atoms with Crippen molar-refractivity contribution in [3.8, 4) is 0 Å². The van der Waals surface area contributed by atoms with Crippen LogP contribution < -0.4 is 10.6 Å². The average molecular weight is 560 g/mol. The van der Waals surface area contributed by atoms with Crippen molar-refractivity contribution < 1.29 is 8.78 Å². The van der Waals surface area contributed by atoms with Gasteiger partial charge < -0.3 is 10.6 Å². The van der Waals surface area contributed by atoms with Gasteiger partial charge in [0, 0.05) is 55.8 Å². The van der Waals surface area contributed by atoms with E-state index in [1.807, 2.05) is 4.90 Å². The Morgan fingerprint density at radius 1 is 1.10 bits per heavy atom. The summed E-state index contributed by atoms with van der Waals surface area (Å²) in [4.78, 5) is 9.65. The van der Waals surface area contributed by atoms with Crippen molar-refractivity contribution in [3.63, 3.8) is 0 Å². The lowest BCUT2D eigenvalue weighted by molar-refractivity contribution is 0.0670. The summed E-state index contributed by atoms with van der Waals surface area (Å²) in [6, 6.07) is 0.315. The molecule has 0 aromatic rings. The van der Waals surface area contributed by atoms with E-state index in [1.54, 1.807) is 0 Å². The van der Waals surface area contributed by atoms with Gasteiger partial charge in [0.05, 0.1) is 13.1 Å². The van der Waals surface area contributed by atoms with Gasteiger partial charge in [0.2, 0.25) is 0 Å². The number of hydrogen-bond donors (Lipinski definition) is 2. The van der Waals surface area contributed by atoms with Crippen molar-refractivity contribution in [2.75, 3.05) is 57.3 Å². The van der Waals surface area contributed by atoms with E-state index >= 15 is 0 Å². The van der Waals surface area contributed by atoms with Crippen LogP contribution in [0.4, 0.5) is 8.78 Å². The third kappa shape index (κ3) is 7.92. The maximum atomic E-state index is 12.6. The van der Waals surface area contributed by atoms with Gasteiger partial charge in [-0.25, -0.2) is 8.78 Å². The van der Waals surface area contributed by atoms with Crippen molar-refractivity contribution in [1.29, 1.82) is 0 Å². The summed E-state index contributed by atoms with van der Waals surface area (Å²) in [5.41, 5.74) is 0.224. The number of aliphatic imine (C=N–C) groups is 1. The predicted molar refractivity (Wildman–Crippen MR) is 135 cm³/mol. The highest BCUT2D eigenvalue weighted by Gasteiger charge is 2.38. The molecule has 0 aromatic heterocycles. The predicted octanol–water partition coefficient (Wildman–Crippen LogP) is 3.64. The molecule has 2 heterocycles. The van der Waals surface area contributed by atoms with Crippen LogP contribution in [0.3, 0.4) is 0 Å². The molecule has 2 saturated heterocycles. The Bertz CT molecular complexity index is 506. The van der Waals surface area contributed by atoms with Crippen LogP contribution in [-0.2, 0) is 0 Å². The monoisotopic (exact) mass is 559 g/mol. The molecule has 2 N–H and O–H groups in total. The SMILES string of the molecule is CCNC(=NCC1(N2CCSCC2)CCCCC1)NC1CCN(CC(F)F)CC1.I. The Labute approximate surface area is 202 Å². The molecule has 0 amide bonds. The van der Waals surface area contributed by atoms with Crippen LogP contribution in [0.15, 0.2) is 4.99 Å². The first-order valence-corrected chi connectivity index (χ1v) is 12.6. The maximum absolute atomic E-state index is 12.6. The summed E-state index contributed by atoms with van der Waals surface area (Å²) in [5.74, 6) is 3.37. The number of hydrogen-bond acceptors (Lipinski definition) is 4. The largest absolute Gasteiger partial charge is 0.357 e. The second-order valence-electron chi connectivity index (χ2n) is 8.69. The van der Waals surface area contributed by atoms with Gasteiger partial charge in [0.15, 0.2) is 5.96 Å². The topological polar surface area (TPSA) is 42.9 Å². The van der Waals surface area contributed by atoms with Gasteiger partial charge in [-0.3, -0.25) is 14.8 Å². The molecule has 0 radical (unpaired) electrons. The van der Waals surface area contributed by atoms with E-state index in [-0.39, 0.29) is 36.1 Å². The zero-order valence-electron chi connectivity index (χ0n) is 18.4. The second kappa shape index (κ2) is 13.6. The Morgan fingerprint density at radius 3 is 2.37 bits per heavy atom. The van der Waals surface area contributed by atoms with Crippen molar-refractivity contribution in [3.05, 3.63) is 0 Å². The summed E-state index contributed by atoms with van der Waals surface area (Å²) in [6.45, 7) is 7.53. The standard InChI is InChI=1S/C21H39F2N5S.HI/c1-2-24-20(26-18-6-10-27(11-7-18)16-19(22)23)25-17-21(8-4-3-5-9-21)28-12-14-29-15-13-28;/h18-19H,2-17H2,1H3,(H2,24,25,26);1H. The minimum atomic E-state index is -2.24. The molecule has 0 spiro atoms. The highest BCUT2D eigenvalue weighted by molar-refractivity contribution is 14.0. The van der Waals surface area contributed by atoms with E-state index in [2.05, 4.69) is 34.2 Å². The number of piperidine rings is 1. The van der Waals surface area contributed by atoms with Crippen LogP contribution in [0.5, 0.6) is 0 Å². The molecule has 5 nitrogen and oxygen atoms in total. The summed E-state index contributed by atoms with van der Waals surface area (Å²) >= 11 is 2.07. The van der Waals surface area contributed by atoms with Crippen LogP contribution in [0.2, 0.25) is 0 Å². The van der Waals surface area contributed by atoms with E-state index < -0.39 is 6.43 Å². The number of halogens is 3. The zero-order chi connectivity index (χ0) is 20.5. The van der Waals surface area contributed by atoms with Crippen LogP contribution in [0.1, 0.15) is 51.9 Å². The summed E-state index contributed by atoms with van der Waals surface area (Å²) in [5, 5.41) is 7.01. The number of thioether (sulfide) groups is 1. The molecule has 2 aliphatic heterocycles. The number of guanidine groups is 1. The van der Waals surface area contributed by atoms with Gasteiger partial charge in [-0.15, -0.1) is 24.0 Å². The van der Waals surface area contributed by atoms with Crippen LogP contribution >= 0.6 is 35.7 Å². The Hall–Kier alpha value is 0.130. The summed E-state index contributed by atoms with van der Waals surface area (Å²) in [6.07, 6.45) is 6.04. The van der Waals surface area contributed by atoms with Crippen LogP contribution in [0.25, 0.3) is 0 Å². The van der Waals surface area contributed by atoms with Crippen LogP contribution in [-0.4, -0.2) is 91.1 Å². The number of rotatable bonds is 7. The van der Waals surface area contributed by atoms with E-state index in [0.717, 1.165) is 45.0 Å². The molecule has 0 aromatic carbocycles. The average Bonchev–Trinajstić information content (AvgIpc) is 2.74. The molecule has 3 fully saturated rings. The molecule has 0 atom stereocenters. The first-order valence-electron chi connectivity index (χ1n) is 11.5. The zero-order valence-corrected chi connectivity index (χ0v) is 21.5. The van der Waals surface area contributed by atoms with Gasteiger partial charge in [-0.05, 0) is 32.6 Å². The minimum Gasteiger partial charge on any atom is -0.357 e. The third-order valence-electron chi connectivity index (χ3n) is 6.67. The Balaban J connectivity index is 0.00000320. The molecule has 176 valence electrons. The lowest BCUT2D eigenvalue weighted by atomic mass is 9.80.